The molecule has 1 amide bonds. The maximum absolute atomic E-state index is 12.9. The van der Waals surface area contributed by atoms with Crippen LogP contribution in [0.15, 0.2) is 47.4 Å². The third-order valence-electron chi connectivity index (χ3n) is 6.03. The molecule has 0 spiro atoms. The van der Waals surface area contributed by atoms with E-state index in [2.05, 4.69) is 5.32 Å². The topological polar surface area (TPSA) is 75.7 Å². The van der Waals surface area contributed by atoms with Crippen molar-refractivity contribution in [3.05, 3.63) is 59.2 Å². The number of hydrogen-bond donors (Lipinski definition) is 1. The molecule has 1 atom stereocenters. The number of methoxy groups -OCH3 is 1. The van der Waals surface area contributed by atoms with E-state index >= 15 is 0 Å². The second kappa shape index (κ2) is 9.83. The van der Waals surface area contributed by atoms with Crippen LogP contribution in [-0.4, -0.2) is 38.8 Å². The molecule has 0 bridgehead atoms. The van der Waals surface area contributed by atoms with E-state index in [1.807, 2.05) is 39.0 Å². The van der Waals surface area contributed by atoms with E-state index in [1.54, 1.807) is 31.4 Å². The van der Waals surface area contributed by atoms with Gasteiger partial charge in [0.1, 0.15) is 5.75 Å². The monoisotopic (exact) mass is 444 g/mol. The van der Waals surface area contributed by atoms with Gasteiger partial charge >= 0.3 is 0 Å². The van der Waals surface area contributed by atoms with Crippen LogP contribution in [0.4, 0.5) is 0 Å². The van der Waals surface area contributed by atoms with E-state index in [0.29, 0.717) is 30.8 Å². The van der Waals surface area contributed by atoms with Crippen LogP contribution in [0.25, 0.3) is 0 Å². The van der Waals surface area contributed by atoms with Crippen molar-refractivity contribution in [3.8, 4) is 5.75 Å². The molecule has 1 saturated heterocycles. The molecule has 168 valence electrons. The summed E-state index contributed by atoms with van der Waals surface area (Å²) in [7, 11) is -1.87. The summed E-state index contributed by atoms with van der Waals surface area (Å²) >= 11 is 0. The lowest BCUT2D eigenvalue weighted by molar-refractivity contribution is -0.126. The largest absolute Gasteiger partial charge is 0.496 e. The summed E-state index contributed by atoms with van der Waals surface area (Å²) in [5, 5.41) is 3.16. The zero-order valence-corrected chi connectivity index (χ0v) is 19.5. The highest BCUT2D eigenvalue weighted by atomic mass is 32.2. The Morgan fingerprint density at radius 1 is 1.13 bits per heavy atom. The molecule has 7 heteroatoms. The van der Waals surface area contributed by atoms with Gasteiger partial charge in [-0.2, -0.15) is 4.31 Å². The molecule has 31 heavy (non-hydrogen) atoms. The van der Waals surface area contributed by atoms with Crippen LogP contribution in [-0.2, 0) is 14.8 Å². The molecule has 1 fully saturated rings. The number of ether oxygens (including phenoxy) is 1. The van der Waals surface area contributed by atoms with Crippen molar-refractivity contribution in [2.45, 2.75) is 51.0 Å². The molecule has 2 aromatic carbocycles. The molecular weight excluding hydrogens is 412 g/mol. The number of amides is 1. The van der Waals surface area contributed by atoms with Crippen LogP contribution >= 0.6 is 0 Å². The van der Waals surface area contributed by atoms with Gasteiger partial charge in [-0.15, -0.1) is 0 Å². The van der Waals surface area contributed by atoms with Crippen LogP contribution < -0.4 is 10.1 Å². The van der Waals surface area contributed by atoms with E-state index in [9.17, 15) is 13.2 Å². The molecule has 1 N–H and O–H groups in total. The fraction of sp³-hybridized carbons (Fsp3) is 0.458. The number of rotatable bonds is 7. The number of nitrogens with one attached hydrogen (secondary N) is 1. The van der Waals surface area contributed by atoms with Crippen LogP contribution in [0.1, 0.15) is 48.9 Å². The van der Waals surface area contributed by atoms with Gasteiger partial charge in [-0.1, -0.05) is 36.8 Å². The maximum atomic E-state index is 12.9. The summed E-state index contributed by atoms with van der Waals surface area (Å²) in [4.78, 5) is 13.2. The Hall–Kier alpha value is -2.38. The van der Waals surface area contributed by atoms with Crippen molar-refractivity contribution in [2.75, 3.05) is 20.2 Å². The number of aryl methyl sites for hydroxylation is 2. The zero-order valence-electron chi connectivity index (χ0n) is 18.7. The summed E-state index contributed by atoms with van der Waals surface area (Å²) in [6.45, 7) is 6.67. The Balaban J connectivity index is 1.61. The first kappa shape index (κ1) is 23.3. The quantitative estimate of drug-likeness (QED) is 0.701. The minimum atomic E-state index is -3.52. The Morgan fingerprint density at radius 2 is 1.77 bits per heavy atom. The third kappa shape index (κ3) is 5.28. The predicted molar refractivity (Wildman–Crippen MR) is 122 cm³/mol. The van der Waals surface area contributed by atoms with Crippen molar-refractivity contribution in [2.24, 2.45) is 5.92 Å². The van der Waals surface area contributed by atoms with Crippen molar-refractivity contribution >= 4 is 15.9 Å². The first-order valence-corrected chi connectivity index (χ1v) is 12.2. The molecule has 1 aliphatic heterocycles. The number of piperidine rings is 1. The normalized spacial score (nSPS) is 16.6. The average Bonchev–Trinajstić information content (AvgIpc) is 2.77. The molecule has 0 unspecified atom stereocenters. The van der Waals surface area contributed by atoms with Gasteiger partial charge in [-0.3, -0.25) is 4.79 Å². The van der Waals surface area contributed by atoms with Gasteiger partial charge in [0.25, 0.3) is 0 Å². The van der Waals surface area contributed by atoms with Gasteiger partial charge in [-0.05, 0) is 62.4 Å². The summed E-state index contributed by atoms with van der Waals surface area (Å²) < 4.78 is 32.6. The summed E-state index contributed by atoms with van der Waals surface area (Å²) in [5.74, 6) is 0.637. The first-order chi connectivity index (χ1) is 14.8. The molecule has 6 nitrogen and oxygen atoms in total. The smallest absolute Gasteiger partial charge is 0.243 e. The third-order valence-corrected chi connectivity index (χ3v) is 7.94. The Morgan fingerprint density at radius 3 is 2.32 bits per heavy atom. The molecule has 0 saturated carbocycles. The average molecular weight is 445 g/mol. The van der Waals surface area contributed by atoms with E-state index in [0.717, 1.165) is 28.9 Å². The fourth-order valence-corrected chi connectivity index (χ4v) is 5.52. The summed E-state index contributed by atoms with van der Waals surface area (Å²) in [6, 6.07) is 12.8. The summed E-state index contributed by atoms with van der Waals surface area (Å²) in [5.41, 5.74) is 3.10. The van der Waals surface area contributed by atoms with Gasteiger partial charge in [0, 0.05) is 19.0 Å². The zero-order chi connectivity index (χ0) is 22.6. The number of sulfonamides is 1. The number of carbonyl (C=O) groups is 1. The predicted octanol–water partition coefficient (Wildman–Crippen LogP) is 3.98. The lowest BCUT2D eigenvalue weighted by Crippen LogP contribution is -2.43. The van der Waals surface area contributed by atoms with Gasteiger partial charge < -0.3 is 10.1 Å². The van der Waals surface area contributed by atoms with Crippen LogP contribution in [0.3, 0.4) is 0 Å². The highest BCUT2D eigenvalue weighted by Gasteiger charge is 2.32. The number of benzene rings is 2. The summed E-state index contributed by atoms with van der Waals surface area (Å²) in [6.07, 6.45) is 1.82. The molecule has 3 rings (SSSR count). The van der Waals surface area contributed by atoms with E-state index < -0.39 is 10.0 Å². The standard InChI is InChI=1S/C24H32N2O4S/c1-5-22(20-8-11-23(30-4)18(3)16-20)25-24(27)19-12-14-26(15-13-19)31(28,29)21-9-6-17(2)7-10-21/h6-11,16,19,22H,5,12-15H2,1-4H3,(H,25,27)/t22-/m0/s1. The Bertz CT molecular complexity index is 1010. The number of nitrogens with zero attached hydrogens (tertiary/aromatic N) is 1. The highest BCUT2D eigenvalue weighted by molar-refractivity contribution is 7.89. The van der Waals surface area contributed by atoms with Crippen molar-refractivity contribution in [1.82, 2.24) is 9.62 Å². The number of hydrogen-bond acceptors (Lipinski definition) is 4. The van der Waals surface area contributed by atoms with Crippen molar-refractivity contribution in [1.29, 1.82) is 0 Å². The minimum absolute atomic E-state index is 0.00675. The SMILES string of the molecule is CC[C@H](NC(=O)C1CCN(S(=O)(=O)c2ccc(C)cc2)CC1)c1ccc(OC)c(C)c1. The molecule has 2 aromatic rings. The van der Waals surface area contributed by atoms with Crippen LogP contribution in [0, 0.1) is 19.8 Å². The fourth-order valence-electron chi connectivity index (χ4n) is 4.05. The second-order valence-corrected chi connectivity index (χ2v) is 10.1. The van der Waals surface area contributed by atoms with E-state index in [4.69, 9.17) is 4.74 Å². The maximum Gasteiger partial charge on any atom is 0.243 e. The van der Waals surface area contributed by atoms with Crippen molar-refractivity contribution < 1.29 is 17.9 Å². The minimum Gasteiger partial charge on any atom is -0.496 e. The lowest BCUT2D eigenvalue weighted by Gasteiger charge is -2.31. The molecule has 0 radical (unpaired) electrons. The van der Waals surface area contributed by atoms with E-state index in [1.165, 1.54) is 4.31 Å². The highest BCUT2D eigenvalue weighted by Crippen LogP contribution is 2.27. The molecule has 1 aliphatic rings. The Kier molecular flexibility index (Phi) is 7.38. The van der Waals surface area contributed by atoms with Crippen LogP contribution in [0.5, 0.6) is 5.75 Å². The van der Waals surface area contributed by atoms with Gasteiger partial charge in [-0.25, -0.2) is 8.42 Å². The lowest BCUT2D eigenvalue weighted by atomic mass is 9.95. The van der Waals surface area contributed by atoms with Gasteiger partial charge in [0.2, 0.25) is 15.9 Å². The molecule has 0 aromatic heterocycles. The van der Waals surface area contributed by atoms with Crippen LogP contribution in [0.2, 0.25) is 0 Å². The Labute approximate surface area is 185 Å². The first-order valence-electron chi connectivity index (χ1n) is 10.8. The molecular formula is C24H32N2O4S. The molecule has 1 heterocycles. The van der Waals surface area contributed by atoms with Gasteiger partial charge in [0.15, 0.2) is 0 Å². The number of carbonyl (C=O) groups excluding carboxylic acids is 1. The molecule has 0 aliphatic carbocycles. The van der Waals surface area contributed by atoms with Gasteiger partial charge in [0.05, 0.1) is 18.0 Å². The van der Waals surface area contributed by atoms with E-state index in [-0.39, 0.29) is 17.9 Å². The second-order valence-electron chi connectivity index (χ2n) is 8.19. The van der Waals surface area contributed by atoms with Crippen molar-refractivity contribution in [3.63, 3.8) is 0 Å².